The fourth-order valence-corrected chi connectivity index (χ4v) is 2.67. The standard InChI is InChI=1S/C18H12F2N4O/c19-11-7-8-15-14(10-11)21-17(16-6-3-9-24(15)16)22-23-18(25)12-4-1-2-5-13(12)20/h1-10H,(H,21,22)(H,23,25). The van der Waals surface area contributed by atoms with E-state index in [1.807, 2.05) is 10.5 Å². The second-order valence-corrected chi connectivity index (χ2v) is 5.42. The number of hydrogen-bond acceptors (Lipinski definition) is 3. The van der Waals surface area contributed by atoms with Gasteiger partial charge in [-0.3, -0.25) is 15.6 Å². The van der Waals surface area contributed by atoms with Crippen LogP contribution in [0.2, 0.25) is 0 Å². The van der Waals surface area contributed by atoms with Crippen molar-refractivity contribution in [1.82, 2.24) is 14.8 Å². The minimum Gasteiger partial charge on any atom is -0.312 e. The van der Waals surface area contributed by atoms with E-state index in [1.54, 1.807) is 24.4 Å². The molecule has 0 saturated carbocycles. The van der Waals surface area contributed by atoms with E-state index in [4.69, 9.17) is 0 Å². The van der Waals surface area contributed by atoms with Crippen molar-refractivity contribution in [3.63, 3.8) is 0 Å². The topological polar surface area (TPSA) is 58.4 Å². The number of hydrogen-bond donors (Lipinski definition) is 2. The van der Waals surface area contributed by atoms with E-state index in [0.717, 1.165) is 5.52 Å². The first-order chi connectivity index (χ1) is 12.1. The Kier molecular flexibility index (Phi) is 3.53. The van der Waals surface area contributed by atoms with Crippen LogP contribution in [0, 0.1) is 11.6 Å². The number of nitrogens with zero attached hydrogens (tertiary/aromatic N) is 2. The van der Waals surface area contributed by atoms with Gasteiger partial charge in [0.25, 0.3) is 5.91 Å². The maximum absolute atomic E-state index is 13.7. The van der Waals surface area contributed by atoms with Crippen molar-refractivity contribution in [3.8, 4) is 0 Å². The number of benzene rings is 2. The van der Waals surface area contributed by atoms with Crippen molar-refractivity contribution in [2.24, 2.45) is 0 Å². The number of rotatable bonds is 3. The number of amides is 1. The molecule has 2 aromatic heterocycles. The Morgan fingerprint density at radius 1 is 1.00 bits per heavy atom. The Morgan fingerprint density at radius 3 is 2.68 bits per heavy atom. The molecule has 0 radical (unpaired) electrons. The summed E-state index contributed by atoms with van der Waals surface area (Å²) < 4.78 is 29.0. The second kappa shape index (κ2) is 5.86. The normalized spacial score (nSPS) is 11.0. The van der Waals surface area contributed by atoms with E-state index in [0.29, 0.717) is 16.9 Å². The van der Waals surface area contributed by atoms with Crippen LogP contribution < -0.4 is 10.9 Å². The number of nitrogens with one attached hydrogen (secondary N) is 2. The summed E-state index contributed by atoms with van der Waals surface area (Å²) >= 11 is 0. The van der Waals surface area contributed by atoms with E-state index in [-0.39, 0.29) is 5.56 Å². The predicted octanol–water partition coefficient (Wildman–Crippen LogP) is 3.52. The third kappa shape index (κ3) is 2.65. The number of hydrazine groups is 1. The molecule has 0 aliphatic heterocycles. The fraction of sp³-hybridized carbons (Fsp3) is 0. The lowest BCUT2D eigenvalue weighted by atomic mass is 10.2. The van der Waals surface area contributed by atoms with Crippen molar-refractivity contribution in [3.05, 3.63) is 78.0 Å². The molecule has 0 unspecified atom stereocenters. The van der Waals surface area contributed by atoms with Crippen LogP contribution in [0.4, 0.5) is 14.6 Å². The van der Waals surface area contributed by atoms with Crippen molar-refractivity contribution < 1.29 is 13.6 Å². The van der Waals surface area contributed by atoms with Gasteiger partial charge in [-0.15, -0.1) is 0 Å². The summed E-state index contributed by atoms with van der Waals surface area (Å²) in [6, 6.07) is 13.6. The Bertz CT molecular complexity index is 1110. The molecule has 4 aromatic rings. The number of fused-ring (bicyclic) bond motifs is 3. The SMILES string of the molecule is O=C(NNc1nc2cc(F)ccc2n2cccc12)c1ccccc1F. The molecular formula is C18H12F2N4O. The molecule has 0 aliphatic rings. The highest BCUT2D eigenvalue weighted by atomic mass is 19.1. The Morgan fingerprint density at radius 2 is 1.84 bits per heavy atom. The Hall–Kier alpha value is -3.48. The lowest BCUT2D eigenvalue weighted by molar-refractivity contribution is 0.0958. The van der Waals surface area contributed by atoms with E-state index < -0.39 is 17.5 Å². The van der Waals surface area contributed by atoms with Gasteiger partial charge in [-0.05, 0) is 36.4 Å². The molecule has 124 valence electrons. The van der Waals surface area contributed by atoms with Gasteiger partial charge < -0.3 is 4.40 Å². The van der Waals surface area contributed by atoms with E-state index in [9.17, 15) is 13.6 Å². The molecule has 5 nitrogen and oxygen atoms in total. The maximum Gasteiger partial charge on any atom is 0.272 e. The smallest absolute Gasteiger partial charge is 0.272 e. The third-order valence-corrected chi connectivity index (χ3v) is 3.83. The number of carbonyl (C=O) groups is 1. The van der Waals surface area contributed by atoms with Gasteiger partial charge in [0.1, 0.15) is 11.6 Å². The molecule has 0 saturated heterocycles. The highest BCUT2D eigenvalue weighted by molar-refractivity contribution is 5.95. The summed E-state index contributed by atoms with van der Waals surface area (Å²) in [6.45, 7) is 0. The van der Waals surface area contributed by atoms with Crippen molar-refractivity contribution in [2.75, 3.05) is 5.43 Å². The molecule has 2 N–H and O–H groups in total. The van der Waals surface area contributed by atoms with Gasteiger partial charge in [0, 0.05) is 12.3 Å². The zero-order chi connectivity index (χ0) is 17.4. The largest absolute Gasteiger partial charge is 0.312 e. The zero-order valence-corrected chi connectivity index (χ0v) is 12.8. The van der Waals surface area contributed by atoms with Gasteiger partial charge in [0.2, 0.25) is 0 Å². The fourth-order valence-electron chi connectivity index (χ4n) is 2.67. The monoisotopic (exact) mass is 338 g/mol. The first kappa shape index (κ1) is 15.1. The minimum absolute atomic E-state index is 0.0896. The van der Waals surface area contributed by atoms with Gasteiger partial charge in [0.05, 0.1) is 22.1 Å². The second-order valence-electron chi connectivity index (χ2n) is 5.42. The summed E-state index contributed by atoms with van der Waals surface area (Å²) in [4.78, 5) is 16.5. The molecule has 25 heavy (non-hydrogen) atoms. The van der Waals surface area contributed by atoms with Crippen LogP contribution in [0.1, 0.15) is 10.4 Å². The molecule has 0 spiro atoms. The third-order valence-electron chi connectivity index (χ3n) is 3.83. The highest BCUT2D eigenvalue weighted by Gasteiger charge is 2.13. The molecular weight excluding hydrogens is 326 g/mol. The van der Waals surface area contributed by atoms with Gasteiger partial charge in [-0.2, -0.15) is 0 Å². The van der Waals surface area contributed by atoms with Gasteiger partial charge in [-0.25, -0.2) is 13.8 Å². The Balaban J connectivity index is 1.70. The minimum atomic E-state index is -0.635. The van der Waals surface area contributed by atoms with Gasteiger partial charge >= 0.3 is 0 Å². The first-order valence-corrected chi connectivity index (χ1v) is 7.51. The van der Waals surface area contributed by atoms with Crippen molar-refractivity contribution in [2.45, 2.75) is 0 Å². The predicted molar refractivity (Wildman–Crippen MR) is 90.1 cm³/mol. The molecule has 2 heterocycles. The molecule has 2 aromatic carbocycles. The van der Waals surface area contributed by atoms with Crippen LogP contribution in [0.25, 0.3) is 16.6 Å². The number of anilines is 1. The summed E-state index contributed by atoms with van der Waals surface area (Å²) in [6.07, 6.45) is 1.81. The number of aromatic nitrogens is 2. The average molecular weight is 338 g/mol. The maximum atomic E-state index is 13.7. The summed E-state index contributed by atoms with van der Waals surface area (Å²) in [5.74, 6) is -1.34. The molecule has 0 aliphatic carbocycles. The quantitative estimate of drug-likeness (QED) is 0.562. The average Bonchev–Trinajstić information content (AvgIpc) is 3.09. The van der Waals surface area contributed by atoms with Crippen LogP contribution in [0.15, 0.2) is 60.8 Å². The molecule has 1 amide bonds. The van der Waals surface area contributed by atoms with Crippen LogP contribution in [0.5, 0.6) is 0 Å². The number of carbonyl (C=O) groups excluding carboxylic acids is 1. The van der Waals surface area contributed by atoms with E-state index in [2.05, 4.69) is 15.8 Å². The summed E-state index contributed by atoms with van der Waals surface area (Å²) in [7, 11) is 0. The molecule has 0 atom stereocenters. The summed E-state index contributed by atoms with van der Waals surface area (Å²) in [5, 5.41) is 0. The lowest BCUT2D eigenvalue weighted by Gasteiger charge is -2.12. The van der Waals surface area contributed by atoms with E-state index >= 15 is 0 Å². The van der Waals surface area contributed by atoms with E-state index in [1.165, 1.54) is 30.3 Å². The highest BCUT2D eigenvalue weighted by Crippen LogP contribution is 2.22. The van der Waals surface area contributed by atoms with Crippen LogP contribution in [-0.2, 0) is 0 Å². The molecule has 7 heteroatoms. The zero-order valence-electron chi connectivity index (χ0n) is 12.8. The van der Waals surface area contributed by atoms with Crippen LogP contribution >= 0.6 is 0 Å². The van der Waals surface area contributed by atoms with Gasteiger partial charge in [-0.1, -0.05) is 12.1 Å². The van der Waals surface area contributed by atoms with Crippen LogP contribution in [-0.4, -0.2) is 15.3 Å². The molecule has 0 bridgehead atoms. The number of halogens is 2. The van der Waals surface area contributed by atoms with Crippen molar-refractivity contribution >= 4 is 28.3 Å². The van der Waals surface area contributed by atoms with Crippen LogP contribution in [0.3, 0.4) is 0 Å². The molecule has 0 fully saturated rings. The summed E-state index contributed by atoms with van der Waals surface area (Å²) in [5.41, 5.74) is 6.86. The van der Waals surface area contributed by atoms with Gasteiger partial charge in [0.15, 0.2) is 5.82 Å². The lowest BCUT2D eigenvalue weighted by Crippen LogP contribution is -2.30. The molecule has 4 rings (SSSR count). The first-order valence-electron chi connectivity index (χ1n) is 7.51. The Labute approximate surface area is 140 Å². The van der Waals surface area contributed by atoms with Crippen molar-refractivity contribution in [1.29, 1.82) is 0 Å².